The van der Waals surface area contributed by atoms with Gasteiger partial charge in [-0.1, -0.05) is 0 Å². The van der Waals surface area contributed by atoms with E-state index in [4.69, 9.17) is 4.74 Å². The summed E-state index contributed by atoms with van der Waals surface area (Å²) >= 11 is 0. The number of carbonyl (C=O) groups is 2. The van der Waals surface area contributed by atoms with Crippen LogP contribution in [-0.4, -0.2) is 36.8 Å². The first-order valence-electron chi connectivity index (χ1n) is 8.35. The third kappa shape index (κ3) is 3.36. The van der Waals surface area contributed by atoms with Crippen LogP contribution in [0.4, 0.5) is 8.78 Å². The molecule has 2 heterocycles. The molecule has 0 spiro atoms. The van der Waals surface area contributed by atoms with Gasteiger partial charge in [0, 0.05) is 29.9 Å². The molecule has 134 valence electrons. The third-order valence-corrected chi connectivity index (χ3v) is 4.51. The Bertz CT molecular complexity index is 814. The molecule has 0 unspecified atom stereocenters. The summed E-state index contributed by atoms with van der Waals surface area (Å²) in [7, 11) is 1.54. The van der Waals surface area contributed by atoms with Gasteiger partial charge in [0.25, 0.3) is 12.3 Å². The molecular weight excluding hydrogens is 330 g/mol. The van der Waals surface area contributed by atoms with Gasteiger partial charge in [0.05, 0.1) is 6.61 Å². The Hall–Kier alpha value is -2.44. The number of hydrogen-bond acceptors (Lipinski definition) is 3. The van der Waals surface area contributed by atoms with E-state index in [1.807, 2.05) is 12.1 Å². The van der Waals surface area contributed by atoms with Crippen LogP contribution in [0.1, 0.15) is 40.9 Å². The van der Waals surface area contributed by atoms with Crippen molar-refractivity contribution in [3.8, 4) is 5.75 Å². The molecule has 0 atom stereocenters. The minimum atomic E-state index is -2.94. The highest BCUT2D eigenvalue weighted by molar-refractivity contribution is 6.02. The summed E-state index contributed by atoms with van der Waals surface area (Å²) in [4.78, 5) is 26.5. The Balaban J connectivity index is 2.00. The summed E-state index contributed by atoms with van der Waals surface area (Å²) in [5.41, 5.74) is 3.03. The minimum Gasteiger partial charge on any atom is -0.493 e. The first kappa shape index (κ1) is 17.4. The first-order valence-corrected chi connectivity index (χ1v) is 8.35. The van der Waals surface area contributed by atoms with Crippen molar-refractivity contribution in [1.29, 1.82) is 0 Å². The topological polar surface area (TPSA) is 71.2 Å². The molecule has 1 aromatic carbocycles. The number of aryl methyl sites for hydroxylation is 2. The maximum absolute atomic E-state index is 12.4. The number of halogens is 2. The molecule has 3 rings (SSSR count). The van der Waals surface area contributed by atoms with Gasteiger partial charge in [-0.15, -0.1) is 0 Å². The van der Waals surface area contributed by atoms with Gasteiger partial charge in [0.1, 0.15) is 11.4 Å². The van der Waals surface area contributed by atoms with Crippen LogP contribution in [-0.2, 0) is 17.6 Å². The molecule has 2 aromatic rings. The lowest BCUT2D eigenvalue weighted by molar-refractivity contribution is -0.129. The standard InChI is InChI=1S/C18H20F2N2O3/c1-21-18(24)16-11(4-2-6-13(23)17(19)20)15-10-5-3-9-25-14(10)8-7-12(15)22-16/h7-8,17,22H,2-6,9H2,1H3,(H,21,24). The number of aromatic nitrogens is 1. The van der Waals surface area contributed by atoms with Crippen molar-refractivity contribution in [2.45, 2.75) is 38.5 Å². The Labute approximate surface area is 143 Å². The van der Waals surface area contributed by atoms with Crippen molar-refractivity contribution in [2.24, 2.45) is 0 Å². The second-order valence-electron chi connectivity index (χ2n) is 6.10. The molecule has 0 fully saturated rings. The number of alkyl halides is 2. The number of fused-ring (bicyclic) bond motifs is 3. The number of benzene rings is 1. The number of ketones is 1. The predicted octanol–water partition coefficient (Wildman–Crippen LogP) is 3.01. The van der Waals surface area contributed by atoms with Crippen molar-refractivity contribution in [3.63, 3.8) is 0 Å². The van der Waals surface area contributed by atoms with Crippen LogP contribution in [0.15, 0.2) is 12.1 Å². The molecule has 0 saturated heterocycles. The van der Waals surface area contributed by atoms with Crippen LogP contribution in [0.3, 0.4) is 0 Å². The third-order valence-electron chi connectivity index (χ3n) is 4.51. The van der Waals surface area contributed by atoms with Crippen LogP contribution in [0.25, 0.3) is 10.9 Å². The van der Waals surface area contributed by atoms with Crippen LogP contribution in [0, 0.1) is 0 Å². The summed E-state index contributed by atoms with van der Waals surface area (Å²) < 4.78 is 30.5. The molecular formula is C18H20F2N2O3. The van der Waals surface area contributed by atoms with E-state index in [1.165, 1.54) is 7.05 Å². The van der Waals surface area contributed by atoms with Gasteiger partial charge in [-0.05, 0) is 43.4 Å². The molecule has 1 aromatic heterocycles. The number of ether oxygens (including phenoxy) is 1. The molecule has 2 N–H and O–H groups in total. The van der Waals surface area contributed by atoms with Crippen molar-refractivity contribution >= 4 is 22.6 Å². The number of carbonyl (C=O) groups excluding carboxylic acids is 2. The van der Waals surface area contributed by atoms with Gasteiger partial charge in [-0.3, -0.25) is 9.59 Å². The maximum Gasteiger partial charge on any atom is 0.295 e. The van der Waals surface area contributed by atoms with E-state index in [2.05, 4.69) is 10.3 Å². The molecule has 5 nitrogen and oxygen atoms in total. The van der Waals surface area contributed by atoms with Gasteiger partial charge in [-0.2, -0.15) is 0 Å². The van der Waals surface area contributed by atoms with E-state index < -0.39 is 12.2 Å². The number of Topliss-reactive ketones (excluding diaryl/α,β-unsaturated/α-hetero) is 1. The van der Waals surface area contributed by atoms with Gasteiger partial charge >= 0.3 is 0 Å². The molecule has 7 heteroatoms. The fourth-order valence-electron chi connectivity index (χ4n) is 3.34. The highest BCUT2D eigenvalue weighted by Gasteiger charge is 2.23. The summed E-state index contributed by atoms with van der Waals surface area (Å²) in [6, 6.07) is 3.74. The molecule has 0 saturated carbocycles. The van der Waals surface area contributed by atoms with E-state index in [0.717, 1.165) is 40.6 Å². The smallest absolute Gasteiger partial charge is 0.295 e. The molecule has 1 amide bonds. The maximum atomic E-state index is 12.4. The average molecular weight is 350 g/mol. The normalized spacial score (nSPS) is 13.6. The first-order chi connectivity index (χ1) is 12.0. The summed E-state index contributed by atoms with van der Waals surface area (Å²) in [5, 5.41) is 3.51. The monoisotopic (exact) mass is 350 g/mol. The number of H-pyrrole nitrogens is 1. The average Bonchev–Trinajstić information content (AvgIpc) is 3.00. The van der Waals surface area contributed by atoms with Crippen LogP contribution in [0.2, 0.25) is 0 Å². The van der Waals surface area contributed by atoms with E-state index in [9.17, 15) is 18.4 Å². The molecule has 0 bridgehead atoms. The summed E-state index contributed by atoms with van der Waals surface area (Å²) in [6.07, 6.45) is -0.787. The van der Waals surface area contributed by atoms with Gasteiger partial charge < -0.3 is 15.0 Å². The van der Waals surface area contributed by atoms with Crippen molar-refractivity contribution < 1.29 is 23.1 Å². The Morgan fingerprint density at radius 2 is 2.16 bits per heavy atom. The molecule has 0 radical (unpaired) electrons. The molecule has 25 heavy (non-hydrogen) atoms. The SMILES string of the molecule is CNC(=O)c1[nH]c2ccc3c(c2c1CCCC(=O)C(F)F)CCCO3. The quantitative estimate of drug-likeness (QED) is 0.841. The lowest BCUT2D eigenvalue weighted by Gasteiger charge is -2.18. The molecule has 0 aliphatic carbocycles. The largest absolute Gasteiger partial charge is 0.493 e. The summed E-state index contributed by atoms with van der Waals surface area (Å²) in [6.45, 7) is 0.656. The summed E-state index contributed by atoms with van der Waals surface area (Å²) in [5.74, 6) is -0.533. The zero-order chi connectivity index (χ0) is 18.0. The van der Waals surface area contributed by atoms with Crippen LogP contribution < -0.4 is 10.1 Å². The lowest BCUT2D eigenvalue weighted by atomic mass is 9.95. The Morgan fingerprint density at radius 3 is 2.88 bits per heavy atom. The number of amides is 1. The van der Waals surface area contributed by atoms with Crippen LogP contribution >= 0.6 is 0 Å². The Morgan fingerprint density at radius 1 is 1.36 bits per heavy atom. The van der Waals surface area contributed by atoms with E-state index in [1.54, 1.807) is 0 Å². The highest BCUT2D eigenvalue weighted by atomic mass is 19.3. The number of nitrogens with one attached hydrogen (secondary N) is 2. The molecule has 1 aliphatic rings. The zero-order valence-corrected chi connectivity index (χ0v) is 14.0. The zero-order valence-electron chi connectivity index (χ0n) is 14.0. The van der Waals surface area contributed by atoms with E-state index >= 15 is 0 Å². The second kappa shape index (κ2) is 7.21. The fourth-order valence-corrected chi connectivity index (χ4v) is 3.34. The van der Waals surface area contributed by atoms with Gasteiger partial charge in [-0.25, -0.2) is 8.78 Å². The number of rotatable bonds is 6. The fraction of sp³-hybridized carbons (Fsp3) is 0.444. The van der Waals surface area contributed by atoms with Crippen molar-refractivity contribution in [3.05, 3.63) is 29.0 Å². The predicted molar refractivity (Wildman–Crippen MR) is 89.5 cm³/mol. The lowest BCUT2D eigenvalue weighted by Crippen LogP contribution is -2.20. The van der Waals surface area contributed by atoms with Crippen molar-refractivity contribution in [2.75, 3.05) is 13.7 Å². The van der Waals surface area contributed by atoms with E-state index in [-0.39, 0.29) is 18.7 Å². The van der Waals surface area contributed by atoms with Gasteiger partial charge in [0.2, 0.25) is 0 Å². The molecule has 1 aliphatic heterocycles. The number of aromatic amines is 1. The van der Waals surface area contributed by atoms with Crippen molar-refractivity contribution in [1.82, 2.24) is 10.3 Å². The minimum absolute atomic E-state index is 0.205. The second-order valence-corrected chi connectivity index (χ2v) is 6.10. The van der Waals surface area contributed by atoms with Crippen LogP contribution in [0.5, 0.6) is 5.75 Å². The Kier molecular flexibility index (Phi) is 5.01. The van der Waals surface area contributed by atoms with Gasteiger partial charge in [0.15, 0.2) is 5.78 Å². The highest BCUT2D eigenvalue weighted by Crippen LogP contribution is 2.36. The number of hydrogen-bond donors (Lipinski definition) is 2. The van der Waals surface area contributed by atoms with E-state index in [0.29, 0.717) is 18.7 Å².